The highest BCUT2D eigenvalue weighted by Gasteiger charge is 2.12. The molecule has 0 fully saturated rings. The number of carboxylic acid groups (broad SMARTS) is 1. The summed E-state index contributed by atoms with van der Waals surface area (Å²) in [6, 6.07) is 0. The normalized spacial score (nSPS) is 11.9. The fourth-order valence-electron chi connectivity index (χ4n) is 1.37. The smallest absolute Gasteiger partial charge is 0.303 e. The Hall–Kier alpha value is -0.580. The molecule has 0 saturated heterocycles. The lowest BCUT2D eigenvalue weighted by molar-refractivity contribution is -0.137. The molecule has 15 heavy (non-hydrogen) atoms. The van der Waals surface area contributed by atoms with E-state index in [-0.39, 0.29) is 23.8 Å². The predicted molar refractivity (Wildman–Crippen MR) is 59.6 cm³/mol. The van der Waals surface area contributed by atoms with E-state index in [1.165, 1.54) is 0 Å². The van der Waals surface area contributed by atoms with Gasteiger partial charge in [-0.1, -0.05) is 20.3 Å². The first-order valence-electron chi connectivity index (χ1n) is 5.25. The SMILES string of the molecule is CC(C)CS(=O)(=O)CCCCCC(=O)O. The fraction of sp³-hybridized carbons (Fsp3) is 0.900. The molecule has 5 heteroatoms. The highest BCUT2D eigenvalue weighted by molar-refractivity contribution is 7.91. The van der Waals surface area contributed by atoms with Gasteiger partial charge in [0.25, 0.3) is 0 Å². The number of sulfone groups is 1. The van der Waals surface area contributed by atoms with Gasteiger partial charge < -0.3 is 5.11 Å². The Morgan fingerprint density at radius 2 is 1.80 bits per heavy atom. The summed E-state index contributed by atoms with van der Waals surface area (Å²) in [7, 11) is -2.93. The third-order valence-electron chi connectivity index (χ3n) is 1.93. The Bertz CT molecular complexity index is 280. The third kappa shape index (κ3) is 9.72. The molecule has 0 rings (SSSR count). The summed E-state index contributed by atoms with van der Waals surface area (Å²) in [6.07, 6.45) is 1.93. The molecule has 90 valence electrons. The van der Waals surface area contributed by atoms with Crippen LogP contribution < -0.4 is 0 Å². The van der Waals surface area contributed by atoms with Crippen LogP contribution in [0.15, 0.2) is 0 Å². The second-order valence-corrected chi connectivity index (χ2v) is 6.44. The van der Waals surface area contributed by atoms with Crippen LogP contribution in [0.25, 0.3) is 0 Å². The molecule has 0 unspecified atom stereocenters. The predicted octanol–water partition coefficient (Wildman–Crippen LogP) is 1.70. The van der Waals surface area contributed by atoms with Gasteiger partial charge in [0.05, 0.1) is 11.5 Å². The lowest BCUT2D eigenvalue weighted by Gasteiger charge is -2.06. The number of carboxylic acids is 1. The average Bonchev–Trinajstić information content (AvgIpc) is 1.99. The van der Waals surface area contributed by atoms with Crippen LogP contribution in [0.1, 0.15) is 39.5 Å². The van der Waals surface area contributed by atoms with E-state index in [0.717, 1.165) is 0 Å². The highest BCUT2D eigenvalue weighted by atomic mass is 32.2. The molecule has 0 aromatic heterocycles. The summed E-state index contributed by atoms with van der Waals surface area (Å²) < 4.78 is 22.8. The van der Waals surface area contributed by atoms with Crippen LogP contribution in [0, 0.1) is 5.92 Å². The number of hydrogen-bond acceptors (Lipinski definition) is 3. The highest BCUT2D eigenvalue weighted by Crippen LogP contribution is 2.06. The van der Waals surface area contributed by atoms with Crippen LogP contribution >= 0.6 is 0 Å². The van der Waals surface area contributed by atoms with Gasteiger partial charge in [-0.25, -0.2) is 8.42 Å². The molecule has 0 radical (unpaired) electrons. The molecule has 4 nitrogen and oxygen atoms in total. The van der Waals surface area contributed by atoms with Crippen molar-refractivity contribution in [2.75, 3.05) is 11.5 Å². The van der Waals surface area contributed by atoms with Crippen LogP contribution in [0.4, 0.5) is 0 Å². The number of aliphatic carboxylic acids is 1. The average molecular weight is 236 g/mol. The summed E-state index contributed by atoms with van der Waals surface area (Å²) in [6.45, 7) is 3.75. The van der Waals surface area contributed by atoms with Crippen molar-refractivity contribution in [3.05, 3.63) is 0 Å². The van der Waals surface area contributed by atoms with Gasteiger partial charge >= 0.3 is 5.97 Å². The quantitative estimate of drug-likeness (QED) is 0.651. The molecule has 0 aliphatic heterocycles. The van der Waals surface area contributed by atoms with E-state index in [1.807, 2.05) is 13.8 Å². The van der Waals surface area contributed by atoms with E-state index in [0.29, 0.717) is 19.3 Å². The van der Waals surface area contributed by atoms with Gasteiger partial charge in [0.1, 0.15) is 0 Å². The van der Waals surface area contributed by atoms with Crippen molar-refractivity contribution in [2.45, 2.75) is 39.5 Å². The van der Waals surface area contributed by atoms with Crippen molar-refractivity contribution in [1.29, 1.82) is 0 Å². The van der Waals surface area contributed by atoms with Crippen molar-refractivity contribution in [2.24, 2.45) is 5.92 Å². The Morgan fingerprint density at radius 1 is 1.20 bits per heavy atom. The molecule has 0 aliphatic carbocycles. The minimum absolute atomic E-state index is 0.129. The van der Waals surface area contributed by atoms with Crippen LogP contribution in [0.3, 0.4) is 0 Å². The van der Waals surface area contributed by atoms with Gasteiger partial charge in [-0.05, 0) is 18.8 Å². The van der Waals surface area contributed by atoms with Crippen molar-refractivity contribution >= 4 is 15.8 Å². The van der Waals surface area contributed by atoms with E-state index >= 15 is 0 Å². The molecular formula is C10H20O4S. The number of unbranched alkanes of at least 4 members (excludes halogenated alkanes) is 2. The van der Waals surface area contributed by atoms with E-state index in [4.69, 9.17) is 5.11 Å². The molecular weight excluding hydrogens is 216 g/mol. The summed E-state index contributed by atoms with van der Waals surface area (Å²) in [5.41, 5.74) is 0. The minimum Gasteiger partial charge on any atom is -0.481 e. The lowest BCUT2D eigenvalue weighted by Crippen LogP contribution is -2.15. The summed E-state index contributed by atoms with van der Waals surface area (Å²) in [5, 5.41) is 8.37. The van der Waals surface area contributed by atoms with Gasteiger partial charge in [-0.15, -0.1) is 0 Å². The summed E-state index contributed by atoms with van der Waals surface area (Å²) >= 11 is 0. The Kier molecular flexibility index (Phi) is 6.56. The van der Waals surface area contributed by atoms with E-state index in [2.05, 4.69) is 0 Å². The zero-order valence-corrected chi connectivity index (χ0v) is 10.2. The van der Waals surface area contributed by atoms with E-state index in [1.54, 1.807) is 0 Å². The van der Waals surface area contributed by atoms with Crippen LogP contribution in [-0.2, 0) is 14.6 Å². The van der Waals surface area contributed by atoms with Gasteiger partial charge in [0.15, 0.2) is 9.84 Å². The molecule has 0 saturated carbocycles. The maximum Gasteiger partial charge on any atom is 0.303 e. The molecule has 0 heterocycles. The Balaban J connectivity index is 3.62. The number of hydrogen-bond donors (Lipinski definition) is 1. The zero-order chi connectivity index (χ0) is 11.9. The first kappa shape index (κ1) is 14.4. The topological polar surface area (TPSA) is 71.4 Å². The molecule has 0 aromatic carbocycles. The Morgan fingerprint density at radius 3 is 2.27 bits per heavy atom. The molecule has 0 amide bonds. The number of carbonyl (C=O) groups is 1. The molecule has 0 atom stereocenters. The van der Waals surface area contributed by atoms with Gasteiger partial charge in [-0.3, -0.25) is 4.79 Å². The monoisotopic (exact) mass is 236 g/mol. The van der Waals surface area contributed by atoms with Crippen molar-refractivity contribution in [3.8, 4) is 0 Å². The van der Waals surface area contributed by atoms with E-state index in [9.17, 15) is 13.2 Å². The van der Waals surface area contributed by atoms with Gasteiger partial charge in [0.2, 0.25) is 0 Å². The summed E-state index contributed by atoms with van der Waals surface area (Å²) in [5.74, 6) is -0.245. The lowest BCUT2D eigenvalue weighted by atomic mass is 10.2. The maximum atomic E-state index is 11.4. The molecule has 0 aliphatic rings. The second kappa shape index (κ2) is 6.82. The van der Waals surface area contributed by atoms with Crippen LogP contribution in [-0.4, -0.2) is 31.0 Å². The zero-order valence-electron chi connectivity index (χ0n) is 9.40. The largest absolute Gasteiger partial charge is 0.481 e. The van der Waals surface area contributed by atoms with Gasteiger partial charge in [-0.2, -0.15) is 0 Å². The molecule has 0 bridgehead atoms. The van der Waals surface area contributed by atoms with Gasteiger partial charge in [0, 0.05) is 6.42 Å². The minimum atomic E-state index is -2.93. The third-order valence-corrected chi connectivity index (χ3v) is 4.02. The molecule has 0 aromatic rings. The standard InChI is InChI=1S/C10H20O4S/c1-9(2)8-15(13,14)7-5-3-4-6-10(11)12/h9H,3-8H2,1-2H3,(H,11,12). The Labute approximate surface area is 91.6 Å². The molecule has 0 spiro atoms. The first-order chi connectivity index (χ1) is 6.83. The van der Waals surface area contributed by atoms with Crippen molar-refractivity contribution in [1.82, 2.24) is 0 Å². The van der Waals surface area contributed by atoms with E-state index < -0.39 is 15.8 Å². The molecule has 1 N–H and O–H groups in total. The summed E-state index contributed by atoms with van der Waals surface area (Å²) in [4.78, 5) is 10.2. The van der Waals surface area contributed by atoms with Crippen molar-refractivity contribution < 1.29 is 18.3 Å². The first-order valence-corrected chi connectivity index (χ1v) is 7.08. The van der Waals surface area contributed by atoms with Crippen molar-refractivity contribution in [3.63, 3.8) is 0 Å². The van der Waals surface area contributed by atoms with Crippen LogP contribution in [0.2, 0.25) is 0 Å². The second-order valence-electron chi connectivity index (χ2n) is 4.21. The van der Waals surface area contributed by atoms with Crippen LogP contribution in [0.5, 0.6) is 0 Å². The number of rotatable bonds is 8. The maximum absolute atomic E-state index is 11.4. The fourth-order valence-corrected chi connectivity index (χ4v) is 3.19.